The zero-order valence-corrected chi connectivity index (χ0v) is 12.3. The maximum atomic E-state index is 11.9. The van der Waals surface area contributed by atoms with E-state index in [1.807, 2.05) is 55.6 Å². The topological polar surface area (TPSA) is 53.5 Å². The largest absolute Gasteiger partial charge is 0.374 e. The fourth-order valence-corrected chi connectivity index (χ4v) is 2.24. The Bertz CT molecular complexity index is 593. The molecule has 2 rings (SSSR count). The van der Waals surface area contributed by atoms with E-state index in [9.17, 15) is 4.79 Å². The number of benzene rings is 1. The third kappa shape index (κ3) is 3.93. The fourth-order valence-electron chi connectivity index (χ4n) is 1.65. The van der Waals surface area contributed by atoms with E-state index >= 15 is 0 Å². The van der Waals surface area contributed by atoms with Gasteiger partial charge < -0.3 is 5.32 Å². The molecule has 0 bridgehead atoms. The number of thiophene rings is 1. The summed E-state index contributed by atoms with van der Waals surface area (Å²) in [7, 11) is 0. The minimum atomic E-state index is -0.350. The van der Waals surface area contributed by atoms with Crippen molar-refractivity contribution in [2.75, 3.05) is 5.32 Å². The summed E-state index contributed by atoms with van der Waals surface area (Å²) in [6.45, 7) is 3.81. The number of para-hydroxylation sites is 1. The van der Waals surface area contributed by atoms with E-state index in [0.717, 1.165) is 16.1 Å². The lowest BCUT2D eigenvalue weighted by molar-refractivity contribution is -0.121. The average molecular weight is 287 g/mol. The highest BCUT2D eigenvalue weighted by Crippen LogP contribution is 2.14. The number of hydrazone groups is 1. The van der Waals surface area contributed by atoms with Crippen molar-refractivity contribution in [1.82, 2.24) is 5.43 Å². The second kappa shape index (κ2) is 6.86. The van der Waals surface area contributed by atoms with Crippen molar-refractivity contribution < 1.29 is 4.79 Å². The molecule has 1 atom stereocenters. The van der Waals surface area contributed by atoms with E-state index in [1.165, 1.54) is 0 Å². The second-order valence-corrected chi connectivity index (χ2v) is 5.41. The van der Waals surface area contributed by atoms with Crippen molar-refractivity contribution in [1.29, 1.82) is 0 Å². The number of hydrogen-bond acceptors (Lipinski definition) is 4. The highest BCUT2D eigenvalue weighted by molar-refractivity contribution is 7.11. The maximum absolute atomic E-state index is 11.9. The van der Waals surface area contributed by atoms with E-state index in [4.69, 9.17) is 0 Å². The van der Waals surface area contributed by atoms with Gasteiger partial charge in [0.2, 0.25) is 0 Å². The molecule has 1 unspecified atom stereocenters. The SMILES string of the molecule is Cc1ccccc1NC(C)C(=O)N/N=C/c1cccs1. The van der Waals surface area contributed by atoms with Gasteiger partial charge in [-0.05, 0) is 36.9 Å². The summed E-state index contributed by atoms with van der Waals surface area (Å²) in [5.41, 5.74) is 4.60. The van der Waals surface area contributed by atoms with Crippen molar-refractivity contribution >= 4 is 29.1 Å². The molecule has 4 nitrogen and oxygen atoms in total. The van der Waals surface area contributed by atoms with Crippen molar-refractivity contribution in [2.24, 2.45) is 5.10 Å². The van der Waals surface area contributed by atoms with Crippen LogP contribution in [0.2, 0.25) is 0 Å². The number of carbonyl (C=O) groups is 1. The Balaban J connectivity index is 1.88. The predicted octanol–water partition coefficient (Wildman–Crippen LogP) is 3.01. The summed E-state index contributed by atoms with van der Waals surface area (Å²) < 4.78 is 0. The van der Waals surface area contributed by atoms with Crippen LogP contribution in [0.15, 0.2) is 46.9 Å². The minimum Gasteiger partial charge on any atom is -0.374 e. The summed E-state index contributed by atoms with van der Waals surface area (Å²) >= 11 is 1.57. The normalized spacial score (nSPS) is 12.3. The second-order valence-electron chi connectivity index (χ2n) is 4.43. The molecule has 1 aromatic carbocycles. The lowest BCUT2D eigenvalue weighted by Gasteiger charge is -2.15. The number of carbonyl (C=O) groups excluding carboxylic acids is 1. The first-order chi connectivity index (χ1) is 9.66. The maximum Gasteiger partial charge on any atom is 0.262 e. The first-order valence-electron chi connectivity index (χ1n) is 6.35. The van der Waals surface area contributed by atoms with Crippen LogP contribution in [0, 0.1) is 6.92 Å². The molecule has 0 aliphatic heterocycles. The molecule has 0 spiro atoms. The predicted molar refractivity (Wildman–Crippen MR) is 84.3 cm³/mol. The molecule has 0 radical (unpaired) electrons. The monoisotopic (exact) mass is 287 g/mol. The lowest BCUT2D eigenvalue weighted by atomic mass is 10.2. The van der Waals surface area contributed by atoms with E-state index < -0.39 is 0 Å². The zero-order chi connectivity index (χ0) is 14.4. The van der Waals surface area contributed by atoms with Crippen LogP contribution in [0.4, 0.5) is 5.69 Å². The van der Waals surface area contributed by atoms with Crippen LogP contribution < -0.4 is 10.7 Å². The number of aryl methyl sites for hydroxylation is 1. The van der Waals surface area contributed by atoms with Crippen molar-refractivity contribution in [3.63, 3.8) is 0 Å². The Kier molecular flexibility index (Phi) is 4.90. The number of amides is 1. The molecule has 0 fully saturated rings. The molecular formula is C15H17N3OS. The lowest BCUT2D eigenvalue weighted by Crippen LogP contribution is -2.35. The molecule has 1 heterocycles. The van der Waals surface area contributed by atoms with Gasteiger partial charge in [-0.2, -0.15) is 5.10 Å². The quantitative estimate of drug-likeness (QED) is 0.656. The van der Waals surface area contributed by atoms with Crippen molar-refractivity contribution in [3.05, 3.63) is 52.2 Å². The van der Waals surface area contributed by atoms with Crippen molar-refractivity contribution in [2.45, 2.75) is 19.9 Å². The summed E-state index contributed by atoms with van der Waals surface area (Å²) in [6, 6.07) is 11.4. The van der Waals surface area contributed by atoms with Gasteiger partial charge in [0.05, 0.1) is 6.21 Å². The first kappa shape index (κ1) is 14.3. The molecule has 2 N–H and O–H groups in total. The van der Waals surface area contributed by atoms with Crippen LogP contribution in [0.1, 0.15) is 17.4 Å². The molecule has 104 valence electrons. The highest BCUT2D eigenvalue weighted by Gasteiger charge is 2.12. The third-order valence-corrected chi connectivity index (χ3v) is 3.63. The van der Waals surface area contributed by atoms with Gasteiger partial charge in [-0.25, -0.2) is 5.43 Å². The number of nitrogens with zero attached hydrogens (tertiary/aromatic N) is 1. The molecule has 20 heavy (non-hydrogen) atoms. The summed E-state index contributed by atoms with van der Waals surface area (Å²) in [5, 5.41) is 9.08. The molecule has 5 heteroatoms. The van der Waals surface area contributed by atoms with Crippen LogP contribution in [0.5, 0.6) is 0 Å². The van der Waals surface area contributed by atoms with Crippen LogP contribution in [-0.4, -0.2) is 18.2 Å². The molecule has 1 aromatic heterocycles. The molecule has 0 aliphatic carbocycles. The zero-order valence-electron chi connectivity index (χ0n) is 11.5. The van der Waals surface area contributed by atoms with Gasteiger partial charge in [-0.3, -0.25) is 4.79 Å². The Morgan fingerprint density at radius 2 is 2.10 bits per heavy atom. The average Bonchev–Trinajstić information content (AvgIpc) is 2.94. The highest BCUT2D eigenvalue weighted by atomic mass is 32.1. The number of nitrogens with one attached hydrogen (secondary N) is 2. The van der Waals surface area contributed by atoms with E-state index in [2.05, 4.69) is 15.8 Å². The smallest absolute Gasteiger partial charge is 0.262 e. The Labute approximate surface area is 122 Å². The van der Waals surface area contributed by atoms with Crippen LogP contribution in [0.25, 0.3) is 0 Å². The molecule has 1 amide bonds. The van der Waals surface area contributed by atoms with Gasteiger partial charge in [0, 0.05) is 10.6 Å². The van der Waals surface area contributed by atoms with Gasteiger partial charge >= 0.3 is 0 Å². The van der Waals surface area contributed by atoms with Gasteiger partial charge in [-0.1, -0.05) is 24.3 Å². The van der Waals surface area contributed by atoms with Gasteiger partial charge in [0.1, 0.15) is 6.04 Å². The summed E-state index contributed by atoms with van der Waals surface area (Å²) in [5.74, 6) is -0.166. The molecular weight excluding hydrogens is 270 g/mol. The molecule has 2 aromatic rings. The number of rotatable bonds is 5. The molecule has 0 aliphatic rings. The standard InChI is InChI=1S/C15H17N3OS/c1-11-6-3-4-8-14(11)17-12(2)15(19)18-16-10-13-7-5-9-20-13/h3-10,12,17H,1-2H3,(H,18,19)/b16-10+. The number of anilines is 1. The van der Waals surface area contributed by atoms with Crippen LogP contribution in [-0.2, 0) is 4.79 Å². The number of hydrogen-bond donors (Lipinski definition) is 2. The van der Waals surface area contributed by atoms with E-state index in [-0.39, 0.29) is 11.9 Å². The van der Waals surface area contributed by atoms with Crippen LogP contribution in [0.3, 0.4) is 0 Å². The minimum absolute atomic E-state index is 0.166. The summed E-state index contributed by atoms with van der Waals surface area (Å²) in [4.78, 5) is 12.9. The molecule has 0 saturated heterocycles. The van der Waals surface area contributed by atoms with Gasteiger partial charge in [-0.15, -0.1) is 11.3 Å². The summed E-state index contributed by atoms with van der Waals surface area (Å²) in [6.07, 6.45) is 1.64. The Hall–Kier alpha value is -2.14. The van der Waals surface area contributed by atoms with Crippen molar-refractivity contribution in [3.8, 4) is 0 Å². The van der Waals surface area contributed by atoms with Gasteiger partial charge in [0.25, 0.3) is 5.91 Å². The Morgan fingerprint density at radius 1 is 1.30 bits per heavy atom. The van der Waals surface area contributed by atoms with E-state index in [1.54, 1.807) is 17.6 Å². The third-order valence-electron chi connectivity index (χ3n) is 2.82. The Morgan fingerprint density at radius 3 is 2.80 bits per heavy atom. The first-order valence-corrected chi connectivity index (χ1v) is 7.23. The van der Waals surface area contributed by atoms with E-state index in [0.29, 0.717) is 0 Å². The van der Waals surface area contributed by atoms with Gasteiger partial charge in [0.15, 0.2) is 0 Å². The van der Waals surface area contributed by atoms with Crippen LogP contribution >= 0.6 is 11.3 Å². The molecule has 0 saturated carbocycles. The fraction of sp³-hybridized carbons (Fsp3) is 0.200.